The van der Waals surface area contributed by atoms with Gasteiger partial charge in [0.15, 0.2) is 0 Å². The maximum atomic E-state index is 11.0. The van der Waals surface area contributed by atoms with Crippen molar-refractivity contribution in [2.24, 2.45) is 0 Å². The summed E-state index contributed by atoms with van der Waals surface area (Å²) >= 11 is 0. The SMILES string of the molecule is CNc1ncnc(NCc2ccccn2)c1[N+](=O)[O-]. The molecule has 0 saturated heterocycles. The summed E-state index contributed by atoms with van der Waals surface area (Å²) in [7, 11) is 1.57. The van der Waals surface area contributed by atoms with Gasteiger partial charge in [-0.2, -0.15) is 0 Å². The van der Waals surface area contributed by atoms with Crippen LogP contribution >= 0.6 is 0 Å². The van der Waals surface area contributed by atoms with E-state index in [1.165, 1.54) is 6.33 Å². The smallest absolute Gasteiger partial charge is 0.353 e. The van der Waals surface area contributed by atoms with Gasteiger partial charge in [-0.05, 0) is 12.1 Å². The molecule has 0 atom stereocenters. The lowest BCUT2D eigenvalue weighted by atomic mass is 10.3. The molecule has 0 aliphatic heterocycles. The topological polar surface area (TPSA) is 106 Å². The zero-order valence-electron chi connectivity index (χ0n) is 10.2. The Morgan fingerprint density at radius 2 is 2.05 bits per heavy atom. The summed E-state index contributed by atoms with van der Waals surface area (Å²) in [4.78, 5) is 22.3. The van der Waals surface area contributed by atoms with Crippen LogP contribution in [0, 0.1) is 10.1 Å². The number of rotatable bonds is 5. The van der Waals surface area contributed by atoms with Crippen LogP contribution in [-0.4, -0.2) is 26.9 Å². The molecule has 0 fully saturated rings. The maximum absolute atomic E-state index is 11.0. The minimum atomic E-state index is -0.521. The van der Waals surface area contributed by atoms with E-state index in [1.807, 2.05) is 12.1 Å². The van der Waals surface area contributed by atoms with Crippen LogP contribution < -0.4 is 10.6 Å². The highest BCUT2D eigenvalue weighted by Crippen LogP contribution is 2.28. The van der Waals surface area contributed by atoms with Gasteiger partial charge < -0.3 is 10.6 Å². The van der Waals surface area contributed by atoms with E-state index in [4.69, 9.17) is 0 Å². The van der Waals surface area contributed by atoms with E-state index in [0.29, 0.717) is 6.54 Å². The van der Waals surface area contributed by atoms with Crippen LogP contribution in [0.1, 0.15) is 5.69 Å². The number of nitrogens with one attached hydrogen (secondary N) is 2. The fourth-order valence-electron chi connectivity index (χ4n) is 1.54. The molecule has 0 aromatic carbocycles. The van der Waals surface area contributed by atoms with E-state index >= 15 is 0 Å². The molecule has 0 amide bonds. The van der Waals surface area contributed by atoms with Crippen molar-refractivity contribution in [1.29, 1.82) is 0 Å². The Hall–Kier alpha value is -2.77. The predicted molar refractivity (Wildman–Crippen MR) is 69.8 cm³/mol. The van der Waals surface area contributed by atoms with Crippen LogP contribution in [0.2, 0.25) is 0 Å². The van der Waals surface area contributed by atoms with E-state index in [9.17, 15) is 10.1 Å². The van der Waals surface area contributed by atoms with Crippen LogP contribution in [-0.2, 0) is 6.54 Å². The molecule has 0 spiro atoms. The summed E-state index contributed by atoms with van der Waals surface area (Å²) in [5.41, 5.74) is 0.586. The highest BCUT2D eigenvalue weighted by atomic mass is 16.6. The molecule has 0 aliphatic rings. The van der Waals surface area contributed by atoms with Gasteiger partial charge in [0, 0.05) is 13.2 Å². The largest absolute Gasteiger partial charge is 0.367 e. The van der Waals surface area contributed by atoms with E-state index in [-0.39, 0.29) is 17.3 Å². The van der Waals surface area contributed by atoms with E-state index < -0.39 is 4.92 Å². The Morgan fingerprint density at radius 1 is 1.26 bits per heavy atom. The highest BCUT2D eigenvalue weighted by Gasteiger charge is 2.21. The number of anilines is 2. The molecule has 0 radical (unpaired) electrons. The molecule has 2 N–H and O–H groups in total. The molecule has 0 saturated carbocycles. The molecule has 0 unspecified atom stereocenters. The quantitative estimate of drug-likeness (QED) is 0.618. The van der Waals surface area contributed by atoms with Crippen molar-refractivity contribution >= 4 is 17.3 Å². The third-order valence-electron chi connectivity index (χ3n) is 2.40. The van der Waals surface area contributed by atoms with Crippen molar-refractivity contribution in [2.75, 3.05) is 17.7 Å². The monoisotopic (exact) mass is 260 g/mol. The van der Waals surface area contributed by atoms with Gasteiger partial charge in [0.1, 0.15) is 6.33 Å². The fourth-order valence-corrected chi connectivity index (χ4v) is 1.54. The van der Waals surface area contributed by atoms with Gasteiger partial charge in [-0.3, -0.25) is 15.1 Å². The third-order valence-corrected chi connectivity index (χ3v) is 2.40. The lowest BCUT2D eigenvalue weighted by Gasteiger charge is -2.07. The van der Waals surface area contributed by atoms with Crippen molar-refractivity contribution in [3.8, 4) is 0 Å². The molecule has 2 rings (SSSR count). The van der Waals surface area contributed by atoms with E-state index in [1.54, 1.807) is 19.3 Å². The number of pyridine rings is 1. The molecule has 8 nitrogen and oxygen atoms in total. The molecule has 8 heteroatoms. The normalized spacial score (nSPS) is 9.95. The van der Waals surface area contributed by atoms with E-state index in [2.05, 4.69) is 25.6 Å². The molecule has 0 aliphatic carbocycles. The summed E-state index contributed by atoms with van der Waals surface area (Å²) in [6.07, 6.45) is 2.92. The minimum Gasteiger partial charge on any atom is -0.367 e. The van der Waals surface area contributed by atoms with Crippen molar-refractivity contribution in [3.63, 3.8) is 0 Å². The van der Waals surface area contributed by atoms with Gasteiger partial charge in [0.25, 0.3) is 0 Å². The van der Waals surface area contributed by atoms with Crippen LogP contribution in [0.15, 0.2) is 30.7 Å². The minimum absolute atomic E-state index is 0.162. The van der Waals surface area contributed by atoms with Gasteiger partial charge in [0.05, 0.1) is 17.2 Å². The molecule has 2 aromatic rings. The van der Waals surface area contributed by atoms with Crippen molar-refractivity contribution in [1.82, 2.24) is 15.0 Å². The second-order valence-electron chi connectivity index (χ2n) is 3.60. The zero-order valence-corrected chi connectivity index (χ0v) is 10.2. The molecule has 0 bridgehead atoms. The fraction of sp³-hybridized carbons (Fsp3) is 0.182. The first kappa shape index (κ1) is 12.7. The zero-order chi connectivity index (χ0) is 13.7. The summed E-state index contributed by atoms with van der Waals surface area (Å²) < 4.78 is 0. The summed E-state index contributed by atoms with van der Waals surface area (Å²) in [5, 5.41) is 16.6. The van der Waals surface area contributed by atoms with Gasteiger partial charge in [-0.15, -0.1) is 0 Å². The van der Waals surface area contributed by atoms with Crippen LogP contribution in [0.4, 0.5) is 17.3 Å². The summed E-state index contributed by atoms with van der Waals surface area (Å²) in [6, 6.07) is 5.46. The lowest BCUT2D eigenvalue weighted by Crippen LogP contribution is -2.08. The first-order valence-corrected chi connectivity index (χ1v) is 5.53. The van der Waals surface area contributed by atoms with Crippen molar-refractivity contribution in [2.45, 2.75) is 6.54 Å². The number of hydrogen-bond acceptors (Lipinski definition) is 7. The molecule has 98 valence electrons. The van der Waals surface area contributed by atoms with Gasteiger partial charge in [0.2, 0.25) is 11.6 Å². The first-order chi connectivity index (χ1) is 9.22. The van der Waals surface area contributed by atoms with Gasteiger partial charge in [-0.25, -0.2) is 9.97 Å². The maximum Gasteiger partial charge on any atom is 0.353 e. The number of aromatic nitrogens is 3. The number of nitro groups is 1. The molecule has 2 heterocycles. The molecule has 2 aromatic heterocycles. The summed E-state index contributed by atoms with van der Waals surface area (Å²) in [6.45, 7) is 0.349. The number of nitrogens with zero attached hydrogens (tertiary/aromatic N) is 4. The second-order valence-corrected chi connectivity index (χ2v) is 3.60. The van der Waals surface area contributed by atoms with Crippen LogP contribution in [0.5, 0.6) is 0 Å². The average Bonchev–Trinajstić information content (AvgIpc) is 2.45. The van der Waals surface area contributed by atoms with Crippen molar-refractivity contribution < 1.29 is 4.92 Å². The number of hydrogen-bond donors (Lipinski definition) is 2. The Labute approximate surface area is 109 Å². The van der Waals surface area contributed by atoms with E-state index in [0.717, 1.165) is 5.69 Å². The molecule has 19 heavy (non-hydrogen) atoms. The Bertz CT molecular complexity index is 575. The highest BCUT2D eigenvalue weighted by molar-refractivity contribution is 5.68. The third kappa shape index (κ3) is 2.92. The predicted octanol–water partition coefficient (Wildman–Crippen LogP) is 1.43. The first-order valence-electron chi connectivity index (χ1n) is 5.53. The van der Waals surface area contributed by atoms with Gasteiger partial charge >= 0.3 is 5.69 Å². The van der Waals surface area contributed by atoms with Crippen molar-refractivity contribution in [3.05, 3.63) is 46.5 Å². The standard InChI is InChI=1S/C11H12N6O2/c1-12-10-9(17(18)19)11(16-7-15-10)14-6-8-4-2-3-5-13-8/h2-5,7H,6H2,1H3,(H2,12,14,15,16). The average molecular weight is 260 g/mol. The second kappa shape index (κ2) is 5.71. The van der Waals surface area contributed by atoms with Gasteiger partial charge in [-0.1, -0.05) is 6.07 Å². The van der Waals surface area contributed by atoms with Crippen LogP contribution in [0.3, 0.4) is 0 Å². The Morgan fingerprint density at radius 3 is 2.68 bits per heavy atom. The Balaban J connectivity index is 2.23. The molecular formula is C11H12N6O2. The lowest BCUT2D eigenvalue weighted by molar-refractivity contribution is -0.383. The summed E-state index contributed by atoms with van der Waals surface area (Å²) in [5.74, 6) is 0.332. The molecular weight excluding hydrogens is 248 g/mol. The van der Waals surface area contributed by atoms with Crippen LogP contribution in [0.25, 0.3) is 0 Å². The Kier molecular flexibility index (Phi) is 3.81.